The normalized spacial score (nSPS) is 15.4. The zero-order valence-corrected chi connectivity index (χ0v) is 6.98. The van der Waals surface area contributed by atoms with Gasteiger partial charge in [-0.1, -0.05) is 12.1 Å². The topological polar surface area (TPSA) is 12.0 Å². The summed E-state index contributed by atoms with van der Waals surface area (Å²) in [6.45, 7) is 1.69. The third kappa shape index (κ3) is 1.75. The van der Waals surface area contributed by atoms with Gasteiger partial charge in [-0.3, -0.25) is 0 Å². The van der Waals surface area contributed by atoms with E-state index in [1.807, 2.05) is 6.08 Å². The van der Waals surface area contributed by atoms with Crippen molar-refractivity contribution in [1.29, 1.82) is 0 Å². The van der Waals surface area contributed by atoms with E-state index in [-0.39, 0.29) is 0 Å². The van der Waals surface area contributed by atoms with Crippen molar-refractivity contribution in [3.8, 4) is 0 Å². The van der Waals surface area contributed by atoms with Crippen LogP contribution in [0.1, 0.15) is 5.56 Å². The molecule has 0 bridgehead atoms. The lowest BCUT2D eigenvalue weighted by atomic mass is 10.1. The minimum Gasteiger partial charge on any atom is -0.309 e. The maximum absolute atomic E-state index is 12.7. The van der Waals surface area contributed by atoms with E-state index >= 15 is 0 Å². The predicted molar refractivity (Wildman–Crippen MR) is 47.2 cm³/mol. The molecule has 13 heavy (non-hydrogen) atoms. The summed E-state index contributed by atoms with van der Waals surface area (Å²) in [5.74, 6) is -1.59. The maximum atomic E-state index is 12.7. The Morgan fingerprint density at radius 3 is 2.46 bits per heavy atom. The number of nitrogens with one attached hydrogen (secondary N) is 1. The van der Waals surface area contributed by atoms with Crippen molar-refractivity contribution in [2.45, 2.75) is 0 Å². The van der Waals surface area contributed by atoms with Gasteiger partial charge in [-0.05, 0) is 23.3 Å². The third-order valence-corrected chi connectivity index (χ3v) is 2.02. The number of benzene rings is 1. The van der Waals surface area contributed by atoms with Crippen LogP contribution in [0.3, 0.4) is 0 Å². The van der Waals surface area contributed by atoms with Crippen molar-refractivity contribution in [2.75, 3.05) is 13.1 Å². The molecule has 0 aliphatic carbocycles. The second-order valence-corrected chi connectivity index (χ2v) is 3.08. The Kier molecular flexibility index (Phi) is 2.10. The lowest BCUT2D eigenvalue weighted by Gasteiger charge is -2.18. The molecule has 0 radical (unpaired) electrons. The summed E-state index contributed by atoms with van der Waals surface area (Å²) >= 11 is 0. The maximum Gasteiger partial charge on any atom is 0.159 e. The van der Waals surface area contributed by atoms with Crippen LogP contribution in [-0.4, -0.2) is 13.1 Å². The van der Waals surface area contributed by atoms with E-state index in [1.54, 1.807) is 6.07 Å². The molecule has 1 aromatic rings. The van der Waals surface area contributed by atoms with Crippen LogP contribution in [0.5, 0.6) is 0 Å². The molecule has 0 unspecified atom stereocenters. The fourth-order valence-electron chi connectivity index (χ4n) is 1.21. The molecule has 2 rings (SSSR count). The van der Waals surface area contributed by atoms with E-state index in [0.29, 0.717) is 0 Å². The molecule has 0 spiro atoms. The molecule has 1 aliphatic rings. The summed E-state index contributed by atoms with van der Waals surface area (Å²) in [6, 6.07) is 3.93. The number of halogens is 2. The highest BCUT2D eigenvalue weighted by Crippen LogP contribution is 2.13. The molecule has 1 saturated heterocycles. The first-order chi connectivity index (χ1) is 6.25. The van der Waals surface area contributed by atoms with Gasteiger partial charge >= 0.3 is 0 Å². The molecule has 1 aliphatic heterocycles. The largest absolute Gasteiger partial charge is 0.309 e. The first kappa shape index (κ1) is 8.38. The van der Waals surface area contributed by atoms with Crippen LogP contribution in [-0.2, 0) is 0 Å². The number of hydrogen-bond acceptors (Lipinski definition) is 1. The fourth-order valence-corrected chi connectivity index (χ4v) is 1.21. The molecular weight excluding hydrogens is 172 g/mol. The van der Waals surface area contributed by atoms with Gasteiger partial charge < -0.3 is 5.32 Å². The average molecular weight is 181 g/mol. The van der Waals surface area contributed by atoms with E-state index in [1.165, 1.54) is 11.6 Å². The van der Waals surface area contributed by atoms with Gasteiger partial charge in [0.2, 0.25) is 0 Å². The molecule has 0 saturated carbocycles. The minimum absolute atomic E-state index is 0.718. The summed E-state index contributed by atoms with van der Waals surface area (Å²) in [5.41, 5.74) is 1.93. The van der Waals surface area contributed by atoms with Gasteiger partial charge in [0.25, 0.3) is 0 Å². The van der Waals surface area contributed by atoms with E-state index in [0.717, 1.165) is 24.7 Å². The Morgan fingerprint density at radius 2 is 1.92 bits per heavy atom. The van der Waals surface area contributed by atoms with Gasteiger partial charge in [-0.2, -0.15) is 0 Å². The Balaban J connectivity index is 2.26. The van der Waals surface area contributed by atoms with Crippen molar-refractivity contribution < 1.29 is 8.78 Å². The molecule has 0 amide bonds. The second kappa shape index (κ2) is 3.26. The smallest absolute Gasteiger partial charge is 0.159 e. The first-order valence-corrected chi connectivity index (χ1v) is 4.11. The molecule has 1 fully saturated rings. The van der Waals surface area contributed by atoms with Crippen molar-refractivity contribution in [3.63, 3.8) is 0 Å². The molecule has 68 valence electrons. The van der Waals surface area contributed by atoms with Crippen molar-refractivity contribution >= 4 is 6.08 Å². The molecule has 1 N–H and O–H groups in total. The monoisotopic (exact) mass is 181 g/mol. The standard InChI is InChI=1S/C10H9F2N/c11-9-2-1-7(4-10(9)12)3-8-5-13-6-8/h1-4,13H,5-6H2. The number of rotatable bonds is 1. The minimum atomic E-state index is -0.797. The van der Waals surface area contributed by atoms with E-state index in [2.05, 4.69) is 5.32 Å². The van der Waals surface area contributed by atoms with Gasteiger partial charge in [0.05, 0.1) is 0 Å². The zero-order chi connectivity index (χ0) is 9.26. The molecule has 0 aromatic heterocycles. The molecule has 3 heteroatoms. The Bertz CT molecular complexity index is 352. The SMILES string of the molecule is Fc1ccc(C=C2CNC2)cc1F. The fraction of sp³-hybridized carbons (Fsp3) is 0.200. The summed E-state index contributed by atoms with van der Waals surface area (Å²) in [6.07, 6.45) is 1.87. The first-order valence-electron chi connectivity index (χ1n) is 4.11. The highest BCUT2D eigenvalue weighted by atomic mass is 19.2. The predicted octanol–water partition coefficient (Wildman–Crippen LogP) is 1.95. The lowest BCUT2D eigenvalue weighted by Crippen LogP contribution is -2.33. The molecular formula is C10H9F2N. The second-order valence-electron chi connectivity index (χ2n) is 3.08. The van der Waals surface area contributed by atoms with Crippen molar-refractivity contribution in [2.24, 2.45) is 0 Å². The Hall–Kier alpha value is -1.22. The van der Waals surface area contributed by atoms with Gasteiger partial charge in [-0.15, -0.1) is 0 Å². The molecule has 1 nitrogen and oxygen atoms in total. The van der Waals surface area contributed by atoms with Crippen LogP contribution in [0, 0.1) is 11.6 Å². The van der Waals surface area contributed by atoms with E-state index < -0.39 is 11.6 Å². The highest BCUT2D eigenvalue weighted by molar-refractivity contribution is 5.55. The van der Waals surface area contributed by atoms with Crippen LogP contribution in [0.4, 0.5) is 8.78 Å². The van der Waals surface area contributed by atoms with Crippen LogP contribution >= 0.6 is 0 Å². The summed E-state index contributed by atoms with van der Waals surface area (Å²) in [7, 11) is 0. The van der Waals surface area contributed by atoms with Gasteiger partial charge in [0.1, 0.15) is 0 Å². The van der Waals surface area contributed by atoms with Crippen LogP contribution in [0.25, 0.3) is 6.08 Å². The van der Waals surface area contributed by atoms with Gasteiger partial charge in [-0.25, -0.2) is 8.78 Å². The lowest BCUT2D eigenvalue weighted by molar-refractivity contribution is 0.508. The zero-order valence-electron chi connectivity index (χ0n) is 6.98. The van der Waals surface area contributed by atoms with Crippen LogP contribution in [0.2, 0.25) is 0 Å². The third-order valence-electron chi connectivity index (χ3n) is 2.02. The van der Waals surface area contributed by atoms with Crippen LogP contribution in [0.15, 0.2) is 23.8 Å². The van der Waals surface area contributed by atoms with Crippen LogP contribution < -0.4 is 5.32 Å². The Labute approximate surface area is 75.1 Å². The van der Waals surface area contributed by atoms with Crippen molar-refractivity contribution in [1.82, 2.24) is 5.32 Å². The molecule has 0 atom stereocenters. The summed E-state index contributed by atoms with van der Waals surface area (Å²) in [4.78, 5) is 0. The summed E-state index contributed by atoms with van der Waals surface area (Å²) in [5, 5.41) is 3.07. The Morgan fingerprint density at radius 1 is 1.15 bits per heavy atom. The highest BCUT2D eigenvalue weighted by Gasteiger charge is 2.07. The van der Waals surface area contributed by atoms with Crippen molar-refractivity contribution in [3.05, 3.63) is 41.0 Å². The number of hydrogen-bond donors (Lipinski definition) is 1. The molecule has 1 aromatic carbocycles. The average Bonchev–Trinajstić information content (AvgIpc) is 2.04. The molecule has 1 heterocycles. The quantitative estimate of drug-likeness (QED) is 0.698. The van der Waals surface area contributed by atoms with Gasteiger partial charge in [0, 0.05) is 13.1 Å². The van der Waals surface area contributed by atoms with E-state index in [4.69, 9.17) is 0 Å². The summed E-state index contributed by atoms with van der Waals surface area (Å²) < 4.78 is 25.3. The van der Waals surface area contributed by atoms with E-state index in [9.17, 15) is 8.78 Å². The van der Waals surface area contributed by atoms with Gasteiger partial charge in [0.15, 0.2) is 11.6 Å².